The molecule has 1 atom stereocenters. The molecule has 0 aromatic heterocycles. The molecule has 0 heterocycles. The fraction of sp³-hybridized carbons (Fsp3) is 0.800. The van der Waals surface area contributed by atoms with E-state index >= 15 is 0 Å². The number of hydrogen-bond donors (Lipinski definition) is 1. The van der Waals surface area contributed by atoms with E-state index in [0.29, 0.717) is 5.92 Å². The fourth-order valence-electron chi connectivity index (χ4n) is 0.849. The van der Waals surface area contributed by atoms with Gasteiger partial charge in [0.1, 0.15) is 5.60 Å². The van der Waals surface area contributed by atoms with Crippen LogP contribution in [0.25, 0.3) is 0 Å². The molecule has 0 saturated carbocycles. The molecule has 0 aliphatic carbocycles. The second-order valence-electron chi connectivity index (χ2n) is 3.45. The smallest absolute Gasteiger partial charge is 0.122 e. The Morgan fingerprint density at radius 3 is 2.36 bits per heavy atom. The third-order valence-corrected chi connectivity index (χ3v) is 1.37. The zero-order chi connectivity index (χ0) is 8.91. The van der Waals surface area contributed by atoms with Crippen LogP contribution in [0.1, 0.15) is 40.5 Å². The maximum absolute atomic E-state index is 9.59. The highest BCUT2D eigenvalue weighted by molar-refractivity contribution is 5.12. The van der Waals surface area contributed by atoms with Gasteiger partial charge in [0.15, 0.2) is 0 Å². The highest BCUT2D eigenvalue weighted by Crippen LogP contribution is 2.09. The van der Waals surface area contributed by atoms with Crippen molar-refractivity contribution in [2.45, 2.75) is 46.1 Å². The van der Waals surface area contributed by atoms with Gasteiger partial charge in [0.25, 0.3) is 0 Å². The van der Waals surface area contributed by atoms with E-state index in [0.717, 1.165) is 12.8 Å². The Balaban J connectivity index is 4.02. The van der Waals surface area contributed by atoms with Crippen molar-refractivity contribution in [1.29, 1.82) is 0 Å². The fourth-order valence-corrected chi connectivity index (χ4v) is 0.849. The Morgan fingerprint density at radius 1 is 1.45 bits per heavy atom. The minimum absolute atomic E-state index is 0.346. The van der Waals surface area contributed by atoms with Crippen molar-refractivity contribution in [2.24, 2.45) is 5.92 Å². The summed E-state index contributed by atoms with van der Waals surface area (Å²) in [6, 6.07) is 0. The summed E-state index contributed by atoms with van der Waals surface area (Å²) in [6.07, 6.45) is 1.73. The molecule has 0 saturated heterocycles. The molecule has 0 rings (SSSR count). The Labute approximate surface area is 69.8 Å². The van der Waals surface area contributed by atoms with Crippen LogP contribution in [-0.4, -0.2) is 10.7 Å². The van der Waals surface area contributed by atoms with E-state index in [-0.39, 0.29) is 0 Å². The summed E-state index contributed by atoms with van der Waals surface area (Å²) in [6.45, 7) is 7.86. The van der Waals surface area contributed by atoms with E-state index in [9.17, 15) is 5.11 Å². The van der Waals surface area contributed by atoms with Crippen LogP contribution in [0.4, 0.5) is 0 Å². The lowest BCUT2D eigenvalue weighted by Gasteiger charge is -2.14. The molecule has 0 bridgehead atoms. The first kappa shape index (κ1) is 10.5. The van der Waals surface area contributed by atoms with Crippen LogP contribution < -0.4 is 0 Å². The van der Waals surface area contributed by atoms with E-state index in [4.69, 9.17) is 0 Å². The quantitative estimate of drug-likeness (QED) is 0.604. The first-order valence-corrected chi connectivity index (χ1v) is 4.23. The van der Waals surface area contributed by atoms with Crippen LogP contribution in [-0.2, 0) is 0 Å². The van der Waals surface area contributed by atoms with Crippen molar-refractivity contribution in [2.75, 3.05) is 0 Å². The SMILES string of the molecule is CCCC(C)(O)C#CC(C)C. The molecule has 0 aliphatic rings. The molecule has 1 unspecified atom stereocenters. The molecule has 0 fully saturated rings. The van der Waals surface area contributed by atoms with Gasteiger partial charge in [-0.15, -0.1) is 0 Å². The highest BCUT2D eigenvalue weighted by atomic mass is 16.3. The van der Waals surface area contributed by atoms with Crippen LogP contribution in [0.15, 0.2) is 0 Å². The number of rotatable bonds is 2. The van der Waals surface area contributed by atoms with Crippen molar-refractivity contribution < 1.29 is 5.11 Å². The summed E-state index contributed by atoms with van der Waals surface area (Å²) in [5.41, 5.74) is -0.779. The highest BCUT2D eigenvalue weighted by Gasteiger charge is 2.14. The molecule has 64 valence electrons. The average molecular weight is 154 g/mol. The standard InChI is InChI=1S/C10H18O/c1-5-7-10(4,11)8-6-9(2)3/h9,11H,5,7H2,1-4H3. The summed E-state index contributed by atoms with van der Waals surface area (Å²) in [5.74, 6) is 6.18. The van der Waals surface area contributed by atoms with E-state index in [1.54, 1.807) is 6.92 Å². The third-order valence-electron chi connectivity index (χ3n) is 1.37. The lowest BCUT2D eigenvalue weighted by molar-refractivity contribution is 0.111. The molecule has 0 spiro atoms. The molecule has 1 heteroatoms. The van der Waals surface area contributed by atoms with Gasteiger partial charge in [-0.1, -0.05) is 39.0 Å². The molecule has 1 nitrogen and oxygen atoms in total. The number of aliphatic hydroxyl groups is 1. The normalized spacial score (nSPS) is 15.5. The van der Waals surface area contributed by atoms with Crippen LogP contribution >= 0.6 is 0 Å². The van der Waals surface area contributed by atoms with Gasteiger partial charge in [0.05, 0.1) is 0 Å². The molecular weight excluding hydrogens is 136 g/mol. The third kappa shape index (κ3) is 5.94. The van der Waals surface area contributed by atoms with E-state index in [1.807, 2.05) is 20.8 Å². The van der Waals surface area contributed by atoms with Gasteiger partial charge in [-0.2, -0.15) is 0 Å². The molecule has 0 amide bonds. The summed E-state index contributed by atoms with van der Waals surface area (Å²) in [7, 11) is 0. The minimum atomic E-state index is -0.779. The van der Waals surface area contributed by atoms with E-state index < -0.39 is 5.60 Å². The summed E-state index contributed by atoms with van der Waals surface area (Å²) < 4.78 is 0. The molecule has 11 heavy (non-hydrogen) atoms. The first-order chi connectivity index (χ1) is 4.98. The lowest BCUT2D eigenvalue weighted by Crippen LogP contribution is -2.20. The molecule has 0 aromatic carbocycles. The van der Waals surface area contributed by atoms with Crippen molar-refractivity contribution in [3.8, 4) is 11.8 Å². The van der Waals surface area contributed by atoms with Gasteiger partial charge in [-0.05, 0) is 13.3 Å². The second kappa shape index (κ2) is 4.41. The van der Waals surface area contributed by atoms with Gasteiger partial charge in [0.2, 0.25) is 0 Å². The van der Waals surface area contributed by atoms with Gasteiger partial charge in [-0.3, -0.25) is 0 Å². The average Bonchev–Trinajstić information content (AvgIpc) is 1.84. The van der Waals surface area contributed by atoms with Crippen molar-refractivity contribution in [1.82, 2.24) is 0 Å². The zero-order valence-electron chi connectivity index (χ0n) is 7.94. The predicted octanol–water partition coefficient (Wildman–Crippen LogP) is 2.20. The zero-order valence-corrected chi connectivity index (χ0v) is 7.94. The van der Waals surface area contributed by atoms with Gasteiger partial charge >= 0.3 is 0 Å². The summed E-state index contributed by atoms with van der Waals surface area (Å²) in [4.78, 5) is 0. The minimum Gasteiger partial charge on any atom is -0.378 e. The summed E-state index contributed by atoms with van der Waals surface area (Å²) >= 11 is 0. The molecule has 0 aromatic rings. The maximum atomic E-state index is 9.59. The van der Waals surface area contributed by atoms with Gasteiger partial charge in [0, 0.05) is 5.92 Å². The van der Waals surface area contributed by atoms with Gasteiger partial charge in [-0.25, -0.2) is 0 Å². The monoisotopic (exact) mass is 154 g/mol. The Morgan fingerprint density at radius 2 is 2.00 bits per heavy atom. The Kier molecular flexibility index (Phi) is 4.22. The van der Waals surface area contributed by atoms with Crippen molar-refractivity contribution in [3.05, 3.63) is 0 Å². The largest absolute Gasteiger partial charge is 0.378 e. The maximum Gasteiger partial charge on any atom is 0.122 e. The molecule has 1 N–H and O–H groups in total. The second-order valence-corrected chi connectivity index (χ2v) is 3.45. The first-order valence-electron chi connectivity index (χ1n) is 4.23. The molecule has 0 radical (unpaired) electrons. The molecule has 0 aliphatic heterocycles. The predicted molar refractivity (Wildman–Crippen MR) is 48.1 cm³/mol. The van der Waals surface area contributed by atoms with E-state index in [1.165, 1.54) is 0 Å². The van der Waals surface area contributed by atoms with Crippen LogP contribution in [0.2, 0.25) is 0 Å². The topological polar surface area (TPSA) is 20.2 Å². The Bertz CT molecular complexity index is 157. The van der Waals surface area contributed by atoms with Gasteiger partial charge < -0.3 is 5.11 Å². The lowest BCUT2D eigenvalue weighted by atomic mass is 10.0. The molecular formula is C10H18O. The Hall–Kier alpha value is -0.480. The number of hydrogen-bond acceptors (Lipinski definition) is 1. The van der Waals surface area contributed by atoms with Crippen molar-refractivity contribution in [3.63, 3.8) is 0 Å². The van der Waals surface area contributed by atoms with E-state index in [2.05, 4.69) is 11.8 Å². The van der Waals surface area contributed by atoms with Crippen LogP contribution in [0, 0.1) is 17.8 Å². The summed E-state index contributed by atoms with van der Waals surface area (Å²) in [5, 5.41) is 9.59. The van der Waals surface area contributed by atoms with Crippen LogP contribution in [0.3, 0.4) is 0 Å². The van der Waals surface area contributed by atoms with Crippen LogP contribution in [0.5, 0.6) is 0 Å². The van der Waals surface area contributed by atoms with Crippen molar-refractivity contribution >= 4 is 0 Å².